The lowest BCUT2D eigenvalue weighted by molar-refractivity contribution is -0.260. The minimum absolute atomic E-state index is 0.0735. The highest BCUT2D eigenvalue weighted by atomic mass is 79.9. The van der Waals surface area contributed by atoms with Crippen molar-refractivity contribution in [2.45, 2.75) is 31.6 Å². The summed E-state index contributed by atoms with van der Waals surface area (Å²) in [4.78, 5) is 0. The van der Waals surface area contributed by atoms with Crippen LogP contribution in [-0.4, -0.2) is 19.0 Å². The molecular weight excluding hydrogens is 282 g/mol. The van der Waals surface area contributed by atoms with Gasteiger partial charge >= 0.3 is 0 Å². The van der Waals surface area contributed by atoms with Gasteiger partial charge in [-0.15, -0.1) is 0 Å². The summed E-state index contributed by atoms with van der Waals surface area (Å²) < 4.78 is 12.4. The van der Waals surface area contributed by atoms with E-state index in [2.05, 4.69) is 15.9 Å². The van der Waals surface area contributed by atoms with Gasteiger partial charge in [0.25, 0.3) is 0 Å². The van der Waals surface area contributed by atoms with Crippen LogP contribution in [0.4, 0.5) is 0 Å². The molecule has 3 nitrogen and oxygen atoms in total. The summed E-state index contributed by atoms with van der Waals surface area (Å²) in [5, 5.41) is 0. The highest BCUT2D eigenvalue weighted by Gasteiger charge is 2.31. The van der Waals surface area contributed by atoms with Crippen molar-refractivity contribution in [3.05, 3.63) is 34.3 Å². The molecule has 0 radical (unpaired) electrons. The Morgan fingerprint density at radius 2 is 2.12 bits per heavy atom. The molecule has 1 saturated heterocycles. The topological polar surface area (TPSA) is 44.5 Å². The molecule has 1 aromatic rings. The first kappa shape index (κ1) is 13.0. The van der Waals surface area contributed by atoms with E-state index in [4.69, 9.17) is 15.2 Å². The third-order valence-electron chi connectivity index (χ3n) is 2.97. The predicted molar refractivity (Wildman–Crippen MR) is 70.6 cm³/mol. The standard InChI is InChI=1S/C13H18BrNO2/c1-13(16-6-3-7-17-13)9-12(15)10-4-2-5-11(14)8-10/h2,4-5,8,12H,3,6-7,9,15H2,1H3. The van der Waals surface area contributed by atoms with Crippen LogP contribution in [0.15, 0.2) is 28.7 Å². The van der Waals surface area contributed by atoms with Gasteiger partial charge in [0.05, 0.1) is 13.2 Å². The van der Waals surface area contributed by atoms with Gasteiger partial charge in [-0.1, -0.05) is 28.1 Å². The van der Waals surface area contributed by atoms with Crippen molar-refractivity contribution in [2.24, 2.45) is 5.73 Å². The summed E-state index contributed by atoms with van der Waals surface area (Å²) >= 11 is 3.45. The van der Waals surface area contributed by atoms with Crippen LogP contribution < -0.4 is 5.73 Å². The average Bonchev–Trinajstić information content (AvgIpc) is 2.29. The zero-order valence-electron chi connectivity index (χ0n) is 9.99. The van der Waals surface area contributed by atoms with Crippen molar-refractivity contribution in [3.63, 3.8) is 0 Å². The second-order valence-corrected chi connectivity index (χ2v) is 5.47. The molecule has 2 N–H and O–H groups in total. The van der Waals surface area contributed by atoms with Gasteiger partial charge in [0, 0.05) is 16.9 Å². The van der Waals surface area contributed by atoms with Gasteiger partial charge in [0.15, 0.2) is 5.79 Å². The first-order valence-corrected chi connectivity index (χ1v) is 6.67. The molecule has 17 heavy (non-hydrogen) atoms. The molecule has 1 unspecified atom stereocenters. The van der Waals surface area contributed by atoms with E-state index in [0.717, 1.165) is 29.7 Å². The summed E-state index contributed by atoms with van der Waals surface area (Å²) in [7, 11) is 0. The minimum atomic E-state index is -0.542. The van der Waals surface area contributed by atoms with E-state index in [1.54, 1.807) is 0 Å². The highest BCUT2D eigenvalue weighted by Crippen LogP contribution is 2.29. The zero-order chi connectivity index (χ0) is 12.3. The first-order valence-electron chi connectivity index (χ1n) is 5.88. The molecule has 0 amide bonds. The van der Waals surface area contributed by atoms with Crippen molar-refractivity contribution in [1.29, 1.82) is 0 Å². The van der Waals surface area contributed by atoms with E-state index in [0.29, 0.717) is 6.42 Å². The van der Waals surface area contributed by atoms with Crippen molar-refractivity contribution in [2.75, 3.05) is 13.2 Å². The zero-order valence-corrected chi connectivity index (χ0v) is 11.6. The number of hydrogen-bond acceptors (Lipinski definition) is 3. The van der Waals surface area contributed by atoms with Gasteiger partial charge < -0.3 is 15.2 Å². The molecule has 1 aliphatic heterocycles. The Morgan fingerprint density at radius 3 is 2.76 bits per heavy atom. The van der Waals surface area contributed by atoms with Gasteiger partial charge in [-0.05, 0) is 31.0 Å². The van der Waals surface area contributed by atoms with Gasteiger partial charge in [0.2, 0.25) is 0 Å². The third-order valence-corrected chi connectivity index (χ3v) is 3.46. The number of benzene rings is 1. The number of nitrogens with two attached hydrogens (primary N) is 1. The fourth-order valence-electron chi connectivity index (χ4n) is 2.05. The van der Waals surface area contributed by atoms with Gasteiger partial charge in [-0.25, -0.2) is 0 Å². The Balaban J connectivity index is 2.03. The molecular formula is C13H18BrNO2. The molecule has 1 atom stereocenters. The fraction of sp³-hybridized carbons (Fsp3) is 0.538. The molecule has 0 bridgehead atoms. The molecule has 4 heteroatoms. The van der Waals surface area contributed by atoms with Crippen molar-refractivity contribution >= 4 is 15.9 Å². The summed E-state index contributed by atoms with van der Waals surface area (Å²) in [6.07, 6.45) is 1.63. The maximum atomic E-state index is 6.20. The smallest absolute Gasteiger partial charge is 0.167 e. The van der Waals surface area contributed by atoms with E-state index in [9.17, 15) is 0 Å². The van der Waals surface area contributed by atoms with Crippen molar-refractivity contribution in [1.82, 2.24) is 0 Å². The van der Waals surface area contributed by atoms with Crippen molar-refractivity contribution in [3.8, 4) is 0 Å². The van der Waals surface area contributed by atoms with Gasteiger partial charge in [0.1, 0.15) is 0 Å². The highest BCUT2D eigenvalue weighted by molar-refractivity contribution is 9.10. The molecule has 0 aliphatic carbocycles. The second kappa shape index (κ2) is 5.48. The maximum absolute atomic E-state index is 6.20. The van der Waals surface area contributed by atoms with E-state index in [-0.39, 0.29) is 6.04 Å². The number of halogens is 1. The van der Waals surface area contributed by atoms with Crippen LogP contribution in [0.2, 0.25) is 0 Å². The predicted octanol–water partition coefficient (Wildman–Crippen LogP) is 2.99. The Kier molecular flexibility index (Phi) is 4.20. The SMILES string of the molecule is CC1(CC(N)c2cccc(Br)c2)OCCCO1. The monoisotopic (exact) mass is 299 g/mol. The second-order valence-electron chi connectivity index (χ2n) is 4.55. The Bertz CT molecular complexity index is 377. The first-order chi connectivity index (χ1) is 8.09. The Hall–Kier alpha value is -0.420. The number of ether oxygens (including phenoxy) is 2. The lowest BCUT2D eigenvalue weighted by Crippen LogP contribution is -2.40. The lowest BCUT2D eigenvalue weighted by atomic mass is 10.00. The molecule has 94 valence electrons. The van der Waals surface area contributed by atoms with Crippen LogP contribution in [0.1, 0.15) is 31.4 Å². The largest absolute Gasteiger partial charge is 0.350 e. The van der Waals surface area contributed by atoms with Gasteiger partial charge in [-0.3, -0.25) is 0 Å². The summed E-state index contributed by atoms with van der Waals surface area (Å²) in [5.41, 5.74) is 7.29. The lowest BCUT2D eigenvalue weighted by Gasteiger charge is -2.35. The number of hydrogen-bond donors (Lipinski definition) is 1. The van der Waals surface area contributed by atoms with Gasteiger partial charge in [-0.2, -0.15) is 0 Å². The molecule has 0 aromatic heterocycles. The summed E-state index contributed by atoms with van der Waals surface area (Å²) in [5.74, 6) is -0.542. The summed E-state index contributed by atoms with van der Waals surface area (Å²) in [6.45, 7) is 3.47. The number of rotatable bonds is 3. The summed E-state index contributed by atoms with van der Waals surface area (Å²) in [6, 6.07) is 7.98. The fourth-order valence-corrected chi connectivity index (χ4v) is 2.47. The molecule has 1 aliphatic rings. The maximum Gasteiger partial charge on any atom is 0.167 e. The van der Waals surface area contributed by atoms with E-state index < -0.39 is 5.79 Å². The molecule has 2 rings (SSSR count). The van der Waals surface area contributed by atoms with E-state index in [1.165, 1.54) is 0 Å². The van der Waals surface area contributed by atoms with Crippen LogP contribution in [0.25, 0.3) is 0 Å². The van der Waals surface area contributed by atoms with Crippen LogP contribution in [0.3, 0.4) is 0 Å². The molecule has 0 spiro atoms. The normalized spacial score (nSPS) is 21.1. The molecule has 1 aromatic carbocycles. The Labute approximate surface area is 110 Å². The quantitative estimate of drug-likeness (QED) is 0.933. The minimum Gasteiger partial charge on any atom is -0.350 e. The average molecular weight is 300 g/mol. The third kappa shape index (κ3) is 3.52. The van der Waals surface area contributed by atoms with E-state index >= 15 is 0 Å². The Morgan fingerprint density at radius 1 is 1.41 bits per heavy atom. The van der Waals surface area contributed by atoms with Crippen LogP contribution >= 0.6 is 15.9 Å². The molecule has 0 saturated carbocycles. The molecule has 1 heterocycles. The van der Waals surface area contributed by atoms with Crippen LogP contribution in [-0.2, 0) is 9.47 Å². The van der Waals surface area contributed by atoms with Crippen LogP contribution in [0, 0.1) is 0 Å². The van der Waals surface area contributed by atoms with E-state index in [1.807, 2.05) is 31.2 Å². The van der Waals surface area contributed by atoms with Crippen LogP contribution in [0.5, 0.6) is 0 Å². The van der Waals surface area contributed by atoms with Crippen molar-refractivity contribution < 1.29 is 9.47 Å². The molecule has 1 fully saturated rings.